The molecule has 16 nitrogen and oxygen atoms in total. The Bertz CT molecular complexity index is 2100. The zero-order valence-electron chi connectivity index (χ0n) is 30.7. The van der Waals surface area contributed by atoms with Gasteiger partial charge in [-0.25, -0.2) is 9.67 Å². The average molecular weight is 892 g/mol. The van der Waals surface area contributed by atoms with E-state index >= 15 is 0 Å². The van der Waals surface area contributed by atoms with Crippen molar-refractivity contribution in [3.8, 4) is 23.0 Å². The number of nitrogens with zero attached hydrogens (tertiary/aromatic N) is 7. The number of aromatic nitrogens is 6. The molecule has 0 spiro atoms. The van der Waals surface area contributed by atoms with Crippen LogP contribution in [0.1, 0.15) is 32.4 Å². The van der Waals surface area contributed by atoms with Crippen molar-refractivity contribution in [2.45, 2.75) is 58.1 Å². The third-order valence-corrected chi connectivity index (χ3v) is 9.51. The van der Waals surface area contributed by atoms with E-state index in [0.717, 1.165) is 5.56 Å². The summed E-state index contributed by atoms with van der Waals surface area (Å²) in [5, 5.41) is 27.7. The normalized spacial score (nSPS) is 20.6. The Hall–Kier alpha value is -5.04. The molecule has 59 heavy (non-hydrogen) atoms. The molecule has 20 heteroatoms. The highest BCUT2D eigenvalue weighted by atomic mass is 35.5. The molecule has 312 valence electrons. The maximum atomic E-state index is 8.36. The summed E-state index contributed by atoms with van der Waals surface area (Å²) >= 11 is 25.0. The van der Waals surface area contributed by atoms with Gasteiger partial charge in [0.15, 0.2) is 0 Å². The highest BCUT2D eigenvalue weighted by molar-refractivity contribution is 6.32. The van der Waals surface area contributed by atoms with Crippen LogP contribution in [-0.4, -0.2) is 65.2 Å². The topological polar surface area (TPSA) is 180 Å². The second-order valence-electron chi connectivity index (χ2n) is 12.8. The number of halogens is 4. The summed E-state index contributed by atoms with van der Waals surface area (Å²) in [6.45, 7) is 5.58. The van der Waals surface area contributed by atoms with Crippen molar-refractivity contribution >= 4 is 46.4 Å². The molecule has 0 bridgehead atoms. The highest BCUT2D eigenvalue weighted by Crippen LogP contribution is 2.42. The molecule has 2 aliphatic heterocycles. The van der Waals surface area contributed by atoms with Gasteiger partial charge in [0.25, 0.3) is 5.09 Å². The van der Waals surface area contributed by atoms with Crippen molar-refractivity contribution in [2.24, 2.45) is 0 Å². The first-order chi connectivity index (χ1) is 27.8. The van der Waals surface area contributed by atoms with Crippen LogP contribution < -0.4 is 9.47 Å². The molecule has 4 aromatic carbocycles. The molecule has 4 heterocycles. The van der Waals surface area contributed by atoms with Crippen molar-refractivity contribution < 1.29 is 38.7 Å². The summed E-state index contributed by atoms with van der Waals surface area (Å²) in [6.07, 6.45) is 6.20. The molecule has 1 N–H and O–H groups in total. The predicted molar refractivity (Wildman–Crippen MR) is 218 cm³/mol. The Morgan fingerprint density at radius 2 is 1.15 bits per heavy atom. The summed E-state index contributed by atoms with van der Waals surface area (Å²) in [7, 11) is 0. The van der Waals surface area contributed by atoms with E-state index in [2.05, 4.69) is 20.3 Å². The van der Waals surface area contributed by atoms with E-state index in [-0.39, 0.29) is 19.6 Å². The maximum absolute atomic E-state index is 8.36. The third kappa shape index (κ3) is 12.0. The van der Waals surface area contributed by atoms with Crippen LogP contribution >= 0.6 is 46.4 Å². The first kappa shape index (κ1) is 45.1. The standard InChI is InChI=1S/2C19H17Cl2N3O3.CH4.HNO3/c1-13-9-25-19(27-13,10-24-11-22-23-12-24)17-7-6-16(8-18(17)21)26-15-4-2-14(20)3-5-15;1-13-9-25-19(27-13,10-24-12-22-11-23-24)17-7-6-16(8-18(17)21)26-15-4-2-14(20)3-5-15;;2-1(3)4/h2*2-8,11-13H,9-10H2,1H3;1H4;(H,2,3,4). The predicted octanol–water partition coefficient (Wildman–Crippen LogP) is 9.62. The van der Waals surface area contributed by atoms with Gasteiger partial charge in [0.05, 0.1) is 42.0 Å². The van der Waals surface area contributed by atoms with Crippen LogP contribution in [0.5, 0.6) is 23.0 Å². The molecule has 4 unspecified atom stereocenters. The van der Waals surface area contributed by atoms with Crippen molar-refractivity contribution in [3.05, 3.63) is 152 Å². The summed E-state index contributed by atoms with van der Waals surface area (Å²) in [6, 6.07) is 25.1. The monoisotopic (exact) mass is 889 g/mol. The molecule has 8 rings (SSSR count). The summed E-state index contributed by atoms with van der Waals surface area (Å²) in [4.78, 5) is 12.3. The van der Waals surface area contributed by atoms with Crippen molar-refractivity contribution in [1.82, 2.24) is 29.5 Å². The van der Waals surface area contributed by atoms with Crippen LogP contribution in [-0.2, 0) is 43.6 Å². The van der Waals surface area contributed by atoms with Crippen LogP contribution in [0.15, 0.2) is 110 Å². The van der Waals surface area contributed by atoms with Crippen molar-refractivity contribution in [3.63, 3.8) is 0 Å². The van der Waals surface area contributed by atoms with Gasteiger partial charge in [-0.2, -0.15) is 5.10 Å². The lowest BCUT2D eigenvalue weighted by molar-refractivity contribution is -0.742. The van der Waals surface area contributed by atoms with Gasteiger partial charge in [-0.3, -0.25) is 0 Å². The number of hydrogen-bond acceptors (Lipinski definition) is 12. The van der Waals surface area contributed by atoms with Crippen LogP contribution in [0.3, 0.4) is 0 Å². The van der Waals surface area contributed by atoms with Gasteiger partial charge in [0.2, 0.25) is 11.6 Å². The van der Waals surface area contributed by atoms with E-state index in [9.17, 15) is 0 Å². The van der Waals surface area contributed by atoms with E-state index in [1.807, 2.05) is 38.1 Å². The van der Waals surface area contributed by atoms with E-state index in [0.29, 0.717) is 75.0 Å². The molecular weight excluding hydrogens is 852 g/mol. The van der Waals surface area contributed by atoms with Gasteiger partial charge in [-0.15, -0.1) is 20.3 Å². The quantitative estimate of drug-likeness (QED) is 0.102. The largest absolute Gasteiger partial charge is 0.457 e. The smallest absolute Gasteiger partial charge is 0.291 e. The minimum atomic E-state index is -1.50. The van der Waals surface area contributed by atoms with Gasteiger partial charge in [-0.05, 0) is 98.8 Å². The Labute approximate surface area is 359 Å². The van der Waals surface area contributed by atoms with Gasteiger partial charge < -0.3 is 38.2 Å². The number of hydrogen-bond donors (Lipinski definition) is 1. The summed E-state index contributed by atoms with van der Waals surface area (Å²) in [5.41, 5.74) is 1.44. The van der Waals surface area contributed by atoms with Crippen LogP contribution in [0.2, 0.25) is 20.1 Å². The van der Waals surface area contributed by atoms with E-state index in [1.165, 1.54) is 6.33 Å². The van der Waals surface area contributed by atoms with Gasteiger partial charge in [0, 0.05) is 21.2 Å². The Kier molecular flexibility index (Phi) is 15.5. The molecule has 0 aliphatic carbocycles. The van der Waals surface area contributed by atoms with Gasteiger partial charge in [0.1, 0.15) is 54.9 Å². The SMILES string of the molecule is C.CC1COC(Cn2cncn2)(c2ccc(Oc3ccc(Cl)cc3)cc2Cl)O1.CC1COC(Cn2cnnc2)(c2ccc(Oc3ccc(Cl)cc3)cc2Cl)O1.O=[N+]([O-])O. The Morgan fingerprint density at radius 1 is 0.729 bits per heavy atom. The summed E-state index contributed by atoms with van der Waals surface area (Å²) in [5.74, 6) is 0.525. The number of benzene rings is 4. The number of ether oxygens (including phenoxy) is 6. The average Bonchev–Trinajstić information content (AvgIpc) is 4.01. The first-order valence-corrected chi connectivity index (χ1v) is 18.9. The maximum Gasteiger partial charge on any atom is 0.291 e. The molecule has 2 aromatic heterocycles. The fourth-order valence-corrected chi connectivity index (χ4v) is 6.88. The molecular formula is C39H39Cl4N7O9. The lowest BCUT2D eigenvalue weighted by Crippen LogP contribution is -2.34. The molecule has 2 saturated heterocycles. The molecule has 2 aliphatic rings. The Balaban J connectivity index is 0.000000203. The zero-order chi connectivity index (χ0) is 41.3. The molecule has 4 atom stereocenters. The molecule has 6 aromatic rings. The van der Waals surface area contributed by atoms with Crippen molar-refractivity contribution in [1.29, 1.82) is 0 Å². The van der Waals surface area contributed by atoms with E-state index in [4.69, 9.17) is 90.1 Å². The van der Waals surface area contributed by atoms with Crippen LogP contribution in [0.4, 0.5) is 0 Å². The summed E-state index contributed by atoms with van der Waals surface area (Å²) < 4.78 is 39.4. The molecule has 2 fully saturated rings. The molecule has 0 saturated carbocycles. The van der Waals surface area contributed by atoms with Crippen LogP contribution in [0.25, 0.3) is 0 Å². The fraction of sp³-hybridized carbons (Fsp3) is 0.282. The number of rotatable bonds is 10. The molecule has 0 radical (unpaired) electrons. The zero-order valence-corrected chi connectivity index (χ0v) is 33.8. The minimum absolute atomic E-state index is 0. The lowest BCUT2D eigenvalue weighted by Gasteiger charge is -2.29. The van der Waals surface area contributed by atoms with Crippen LogP contribution in [0, 0.1) is 10.1 Å². The van der Waals surface area contributed by atoms with Gasteiger partial charge in [-0.1, -0.05) is 53.8 Å². The van der Waals surface area contributed by atoms with Gasteiger partial charge >= 0.3 is 0 Å². The third-order valence-electron chi connectivity index (χ3n) is 8.38. The Morgan fingerprint density at radius 3 is 1.53 bits per heavy atom. The molecule has 0 amide bonds. The highest BCUT2D eigenvalue weighted by Gasteiger charge is 2.45. The van der Waals surface area contributed by atoms with Crippen molar-refractivity contribution in [2.75, 3.05) is 13.2 Å². The van der Waals surface area contributed by atoms with E-state index < -0.39 is 16.7 Å². The van der Waals surface area contributed by atoms with E-state index in [1.54, 1.807) is 88.9 Å². The minimum Gasteiger partial charge on any atom is -0.457 e. The lowest BCUT2D eigenvalue weighted by atomic mass is 10.1. The second-order valence-corrected chi connectivity index (χ2v) is 14.5. The second kappa shape index (κ2) is 20.3. The fourth-order valence-electron chi connectivity index (χ4n) is 5.99. The first-order valence-electron chi connectivity index (χ1n) is 17.4.